The molecule has 1 aliphatic heterocycles. The normalized spacial score (nSPS) is 15.0. The highest BCUT2D eigenvalue weighted by Crippen LogP contribution is 2.36. The van der Waals surface area contributed by atoms with Gasteiger partial charge in [0.15, 0.2) is 0 Å². The summed E-state index contributed by atoms with van der Waals surface area (Å²) in [6.07, 6.45) is -4.52. The first-order valence-electron chi connectivity index (χ1n) is 8.95. The second-order valence-corrected chi connectivity index (χ2v) is 7.08. The lowest BCUT2D eigenvalue weighted by Gasteiger charge is -2.31. The van der Waals surface area contributed by atoms with Crippen LogP contribution in [0.2, 0.25) is 5.02 Å². The minimum Gasteiger partial charge on any atom is -0.378 e. The number of morpholine rings is 1. The highest BCUT2D eigenvalue weighted by atomic mass is 35.5. The predicted molar refractivity (Wildman–Crippen MR) is 106 cm³/mol. The Bertz CT molecular complexity index is 1060. The van der Waals surface area contributed by atoms with Gasteiger partial charge in [-0.2, -0.15) is 13.2 Å². The van der Waals surface area contributed by atoms with Gasteiger partial charge in [0.2, 0.25) is 0 Å². The zero-order valence-electron chi connectivity index (χ0n) is 15.1. The van der Waals surface area contributed by atoms with Crippen LogP contribution in [0.5, 0.6) is 0 Å². The number of anilines is 2. The van der Waals surface area contributed by atoms with Crippen molar-refractivity contribution < 1.29 is 22.7 Å². The molecule has 2 heterocycles. The van der Waals surface area contributed by atoms with Gasteiger partial charge >= 0.3 is 6.18 Å². The maximum absolute atomic E-state index is 13.2. The highest BCUT2D eigenvalue weighted by molar-refractivity contribution is 6.35. The number of benzene rings is 2. The summed E-state index contributed by atoms with van der Waals surface area (Å²) in [7, 11) is 0. The third-order valence-corrected chi connectivity index (χ3v) is 5.09. The van der Waals surface area contributed by atoms with Crippen molar-refractivity contribution in [1.29, 1.82) is 0 Å². The molecular weight excluding hydrogens is 407 g/mol. The summed E-state index contributed by atoms with van der Waals surface area (Å²) in [5.41, 5.74) is 0.583. The SMILES string of the molecule is O=C(Nc1cc(C(F)(F)F)ccc1N1CCOCC1)c1cc2cccc(Cl)c2[nH]1. The lowest BCUT2D eigenvalue weighted by Crippen LogP contribution is -2.36. The number of amides is 1. The van der Waals surface area contributed by atoms with Gasteiger partial charge in [0.05, 0.1) is 40.7 Å². The van der Waals surface area contributed by atoms with Crippen LogP contribution in [0, 0.1) is 0 Å². The smallest absolute Gasteiger partial charge is 0.378 e. The molecule has 0 radical (unpaired) electrons. The van der Waals surface area contributed by atoms with Crippen LogP contribution in [0.15, 0.2) is 42.5 Å². The Labute approximate surface area is 169 Å². The van der Waals surface area contributed by atoms with Gasteiger partial charge in [-0.15, -0.1) is 0 Å². The molecule has 1 amide bonds. The average molecular weight is 424 g/mol. The van der Waals surface area contributed by atoms with Crippen LogP contribution in [0.25, 0.3) is 10.9 Å². The van der Waals surface area contributed by atoms with Crippen molar-refractivity contribution in [2.45, 2.75) is 6.18 Å². The van der Waals surface area contributed by atoms with E-state index >= 15 is 0 Å². The molecule has 29 heavy (non-hydrogen) atoms. The van der Waals surface area contributed by atoms with Crippen LogP contribution in [0.4, 0.5) is 24.5 Å². The van der Waals surface area contributed by atoms with E-state index in [2.05, 4.69) is 10.3 Å². The molecule has 0 unspecified atom stereocenters. The summed E-state index contributed by atoms with van der Waals surface area (Å²) in [4.78, 5) is 17.6. The van der Waals surface area contributed by atoms with Crippen molar-refractivity contribution >= 4 is 39.8 Å². The number of ether oxygens (including phenoxy) is 1. The molecular formula is C20H17ClF3N3O2. The number of H-pyrrole nitrogens is 1. The number of nitrogens with one attached hydrogen (secondary N) is 2. The zero-order valence-corrected chi connectivity index (χ0v) is 15.9. The molecule has 1 fully saturated rings. The summed E-state index contributed by atoms with van der Waals surface area (Å²) < 4.78 is 45.0. The van der Waals surface area contributed by atoms with E-state index in [9.17, 15) is 18.0 Å². The Kier molecular flexibility index (Phi) is 5.14. The van der Waals surface area contributed by atoms with Crippen molar-refractivity contribution in [2.75, 3.05) is 36.5 Å². The van der Waals surface area contributed by atoms with Crippen LogP contribution >= 0.6 is 11.6 Å². The minimum absolute atomic E-state index is 0.0940. The predicted octanol–water partition coefficient (Wildman–Crippen LogP) is 4.93. The number of rotatable bonds is 3. The number of carbonyl (C=O) groups is 1. The van der Waals surface area contributed by atoms with Gasteiger partial charge in [0, 0.05) is 18.5 Å². The second kappa shape index (κ2) is 7.61. The molecule has 2 N–H and O–H groups in total. The van der Waals surface area contributed by atoms with Gasteiger partial charge in [-0.05, 0) is 30.3 Å². The molecule has 2 aromatic carbocycles. The monoisotopic (exact) mass is 423 g/mol. The lowest BCUT2D eigenvalue weighted by atomic mass is 10.1. The van der Waals surface area contributed by atoms with E-state index in [1.165, 1.54) is 6.07 Å². The van der Waals surface area contributed by atoms with E-state index < -0.39 is 17.6 Å². The van der Waals surface area contributed by atoms with E-state index in [4.69, 9.17) is 16.3 Å². The second-order valence-electron chi connectivity index (χ2n) is 6.67. The summed E-state index contributed by atoms with van der Waals surface area (Å²) in [6.45, 7) is 1.98. The molecule has 0 spiro atoms. The quantitative estimate of drug-likeness (QED) is 0.628. The molecule has 5 nitrogen and oxygen atoms in total. The van der Waals surface area contributed by atoms with Crippen LogP contribution in [-0.2, 0) is 10.9 Å². The molecule has 4 rings (SSSR count). The van der Waals surface area contributed by atoms with E-state index in [0.717, 1.165) is 17.5 Å². The number of carbonyl (C=O) groups excluding carboxylic acids is 1. The molecule has 0 aliphatic carbocycles. The molecule has 152 valence electrons. The van der Waals surface area contributed by atoms with Crippen molar-refractivity contribution in [2.24, 2.45) is 0 Å². The molecule has 1 aliphatic rings. The molecule has 0 bridgehead atoms. The standard InChI is InChI=1S/C20H17ClF3N3O2/c21-14-3-1-2-12-10-16(25-18(12)14)19(28)26-15-11-13(20(22,23)24)4-5-17(15)27-6-8-29-9-7-27/h1-5,10-11,25H,6-9H2,(H,26,28). The van der Waals surface area contributed by atoms with Gasteiger partial charge < -0.3 is 19.9 Å². The fourth-order valence-electron chi connectivity index (χ4n) is 3.32. The first kappa shape index (κ1) is 19.6. The molecule has 9 heteroatoms. The van der Waals surface area contributed by atoms with Gasteiger partial charge in [-0.1, -0.05) is 23.7 Å². The Balaban J connectivity index is 1.69. The van der Waals surface area contributed by atoms with Crippen LogP contribution in [0.3, 0.4) is 0 Å². The topological polar surface area (TPSA) is 57.4 Å². The number of alkyl halides is 3. The first-order chi connectivity index (χ1) is 13.8. The molecule has 1 aromatic heterocycles. The summed E-state index contributed by atoms with van der Waals surface area (Å²) >= 11 is 6.13. The summed E-state index contributed by atoms with van der Waals surface area (Å²) in [6, 6.07) is 10.2. The maximum Gasteiger partial charge on any atom is 0.416 e. The lowest BCUT2D eigenvalue weighted by molar-refractivity contribution is -0.137. The van der Waals surface area contributed by atoms with Crippen molar-refractivity contribution in [3.8, 4) is 0 Å². The summed E-state index contributed by atoms with van der Waals surface area (Å²) in [5.74, 6) is -0.550. The first-order valence-corrected chi connectivity index (χ1v) is 9.33. The number of halogens is 4. The number of fused-ring (bicyclic) bond motifs is 1. The van der Waals surface area contributed by atoms with Crippen LogP contribution in [0.1, 0.15) is 16.1 Å². The van der Waals surface area contributed by atoms with Crippen molar-refractivity contribution in [3.05, 3.63) is 58.7 Å². The average Bonchev–Trinajstić information content (AvgIpc) is 3.14. The van der Waals surface area contributed by atoms with E-state index in [-0.39, 0.29) is 11.4 Å². The van der Waals surface area contributed by atoms with E-state index in [1.54, 1.807) is 24.3 Å². The van der Waals surface area contributed by atoms with Gasteiger partial charge in [-0.3, -0.25) is 4.79 Å². The third kappa shape index (κ3) is 4.04. The number of para-hydroxylation sites is 1. The Morgan fingerprint density at radius 3 is 2.59 bits per heavy atom. The molecule has 0 atom stereocenters. The molecule has 1 saturated heterocycles. The van der Waals surface area contributed by atoms with E-state index in [1.807, 2.05) is 4.90 Å². The largest absolute Gasteiger partial charge is 0.416 e. The Morgan fingerprint density at radius 2 is 1.90 bits per heavy atom. The Hall–Kier alpha value is -2.71. The van der Waals surface area contributed by atoms with Crippen LogP contribution in [-0.4, -0.2) is 37.2 Å². The van der Waals surface area contributed by atoms with E-state index in [0.29, 0.717) is 42.5 Å². The number of nitrogens with zero attached hydrogens (tertiary/aromatic N) is 1. The van der Waals surface area contributed by atoms with Crippen LogP contribution < -0.4 is 10.2 Å². The van der Waals surface area contributed by atoms with Gasteiger partial charge in [0.25, 0.3) is 5.91 Å². The molecule has 3 aromatic rings. The number of aromatic amines is 1. The zero-order chi connectivity index (χ0) is 20.6. The van der Waals surface area contributed by atoms with Crippen molar-refractivity contribution in [3.63, 3.8) is 0 Å². The fraction of sp³-hybridized carbons (Fsp3) is 0.250. The highest BCUT2D eigenvalue weighted by Gasteiger charge is 2.32. The fourth-order valence-corrected chi connectivity index (χ4v) is 3.55. The molecule has 0 saturated carbocycles. The van der Waals surface area contributed by atoms with Gasteiger partial charge in [-0.25, -0.2) is 0 Å². The maximum atomic E-state index is 13.2. The minimum atomic E-state index is -4.52. The number of aromatic nitrogens is 1. The Morgan fingerprint density at radius 1 is 1.14 bits per heavy atom. The third-order valence-electron chi connectivity index (χ3n) is 4.77. The number of hydrogen-bond acceptors (Lipinski definition) is 3. The summed E-state index contributed by atoms with van der Waals surface area (Å²) in [5, 5.41) is 3.81. The van der Waals surface area contributed by atoms with Gasteiger partial charge in [0.1, 0.15) is 5.69 Å². The van der Waals surface area contributed by atoms with Crippen molar-refractivity contribution in [1.82, 2.24) is 4.98 Å². The number of hydrogen-bond donors (Lipinski definition) is 2.